The van der Waals surface area contributed by atoms with Crippen LogP contribution in [0.15, 0.2) is 22.7 Å². The van der Waals surface area contributed by atoms with E-state index in [-0.39, 0.29) is 17.8 Å². The Balaban J connectivity index is 2.58. The molecular weight excluding hydrogens is 311 g/mol. The zero-order valence-electron chi connectivity index (χ0n) is 11.5. The van der Waals surface area contributed by atoms with Gasteiger partial charge in [0.15, 0.2) is 0 Å². The van der Waals surface area contributed by atoms with Crippen LogP contribution in [0.1, 0.15) is 26.3 Å². The second-order valence-electron chi connectivity index (χ2n) is 4.39. The molecule has 0 radical (unpaired) electrons. The number of rotatable bonds is 6. The van der Waals surface area contributed by atoms with Gasteiger partial charge in [-0.3, -0.25) is 4.79 Å². The highest BCUT2D eigenvalue weighted by Crippen LogP contribution is 2.14. The molecule has 0 spiro atoms. The van der Waals surface area contributed by atoms with Crippen molar-refractivity contribution < 1.29 is 9.18 Å². The van der Waals surface area contributed by atoms with Crippen LogP contribution in [0.2, 0.25) is 0 Å². The second-order valence-corrected chi connectivity index (χ2v) is 5.31. The van der Waals surface area contributed by atoms with Crippen LogP contribution in [-0.2, 0) is 11.3 Å². The number of benzene rings is 1. The number of hydrogen-bond donors (Lipinski definition) is 1. The van der Waals surface area contributed by atoms with Crippen LogP contribution in [0.5, 0.6) is 0 Å². The first kappa shape index (κ1) is 16.1. The number of carbonyl (C=O) groups excluding carboxylic acids is 1. The zero-order valence-corrected chi connectivity index (χ0v) is 13.1. The molecule has 1 aromatic rings. The molecule has 5 heteroatoms. The third-order valence-corrected chi connectivity index (χ3v) is 3.44. The minimum absolute atomic E-state index is 0.0699. The molecule has 0 aliphatic rings. The number of likely N-dealkylation sites (N-methyl/N-ethyl adjacent to an activating group) is 1. The normalized spacial score (nSPS) is 12.3. The minimum atomic E-state index is -0.283. The Morgan fingerprint density at radius 3 is 2.53 bits per heavy atom. The highest BCUT2D eigenvalue weighted by atomic mass is 79.9. The summed E-state index contributed by atoms with van der Waals surface area (Å²) in [6.45, 7) is 7.61. The molecule has 0 heterocycles. The molecule has 106 valence electrons. The van der Waals surface area contributed by atoms with E-state index in [9.17, 15) is 9.18 Å². The lowest BCUT2D eigenvalue weighted by Gasteiger charge is -2.23. The number of hydrogen-bond acceptors (Lipinski definition) is 2. The molecule has 0 saturated heterocycles. The van der Waals surface area contributed by atoms with Gasteiger partial charge in [-0.1, -0.05) is 15.9 Å². The fraction of sp³-hybridized carbons (Fsp3) is 0.500. The van der Waals surface area contributed by atoms with Crippen LogP contribution in [0, 0.1) is 5.82 Å². The molecule has 1 amide bonds. The van der Waals surface area contributed by atoms with Gasteiger partial charge in [-0.05, 0) is 44.5 Å². The number of amides is 1. The summed E-state index contributed by atoms with van der Waals surface area (Å²) >= 11 is 3.25. The maximum Gasteiger partial charge on any atom is 0.239 e. The average molecular weight is 331 g/mol. The van der Waals surface area contributed by atoms with E-state index in [2.05, 4.69) is 21.2 Å². The van der Waals surface area contributed by atoms with Gasteiger partial charge in [0.25, 0.3) is 0 Å². The largest absolute Gasteiger partial charge is 0.342 e. The van der Waals surface area contributed by atoms with Crippen LogP contribution in [0.4, 0.5) is 4.39 Å². The molecule has 1 rings (SSSR count). The first-order chi connectivity index (χ1) is 8.97. The maximum atomic E-state index is 13.2. The molecule has 0 aromatic heterocycles. The lowest BCUT2D eigenvalue weighted by molar-refractivity contribution is -0.132. The van der Waals surface area contributed by atoms with Gasteiger partial charge >= 0.3 is 0 Å². The van der Waals surface area contributed by atoms with Crippen molar-refractivity contribution >= 4 is 21.8 Å². The molecule has 1 atom stereocenters. The predicted molar refractivity (Wildman–Crippen MR) is 78.3 cm³/mol. The third-order valence-electron chi connectivity index (χ3n) is 2.98. The van der Waals surface area contributed by atoms with Gasteiger partial charge in [0.1, 0.15) is 5.82 Å². The van der Waals surface area contributed by atoms with Gasteiger partial charge in [-0.25, -0.2) is 4.39 Å². The molecule has 0 aliphatic heterocycles. The molecule has 0 aliphatic carbocycles. The van der Waals surface area contributed by atoms with Crippen molar-refractivity contribution in [3.05, 3.63) is 34.1 Å². The Kier molecular flexibility index (Phi) is 6.45. The zero-order chi connectivity index (χ0) is 14.4. The van der Waals surface area contributed by atoms with E-state index in [4.69, 9.17) is 0 Å². The summed E-state index contributed by atoms with van der Waals surface area (Å²) in [6.07, 6.45) is 0. The number of halogens is 2. The Morgan fingerprint density at radius 1 is 1.37 bits per heavy atom. The molecule has 1 unspecified atom stereocenters. The van der Waals surface area contributed by atoms with Crippen LogP contribution >= 0.6 is 15.9 Å². The summed E-state index contributed by atoms with van der Waals surface area (Å²) in [5.41, 5.74) is 0.811. The summed E-state index contributed by atoms with van der Waals surface area (Å²) in [5, 5.41) is 3.12. The minimum Gasteiger partial charge on any atom is -0.342 e. The lowest BCUT2D eigenvalue weighted by atomic mass is 10.2. The number of nitrogens with zero attached hydrogens (tertiary/aromatic N) is 1. The standard InChI is InChI=1S/C14H20BrFN2O/c1-4-18(5-2)14(19)10(3)17-9-11-6-12(15)8-13(16)7-11/h6-8,10,17H,4-5,9H2,1-3H3. The van der Waals surface area contributed by atoms with Crippen LogP contribution in [0.25, 0.3) is 0 Å². The Morgan fingerprint density at radius 2 is 2.00 bits per heavy atom. The van der Waals surface area contributed by atoms with Crippen molar-refractivity contribution in [3.8, 4) is 0 Å². The highest BCUT2D eigenvalue weighted by Gasteiger charge is 2.17. The van der Waals surface area contributed by atoms with E-state index in [1.54, 1.807) is 4.90 Å². The SMILES string of the molecule is CCN(CC)C(=O)C(C)NCc1cc(F)cc(Br)c1. The fourth-order valence-electron chi connectivity index (χ4n) is 1.88. The van der Waals surface area contributed by atoms with Crippen molar-refractivity contribution in [1.82, 2.24) is 10.2 Å². The molecule has 3 nitrogen and oxygen atoms in total. The Bertz CT molecular complexity index is 415. The van der Waals surface area contributed by atoms with Crippen molar-refractivity contribution in [2.75, 3.05) is 13.1 Å². The smallest absolute Gasteiger partial charge is 0.239 e. The first-order valence-corrected chi connectivity index (χ1v) is 7.24. The topological polar surface area (TPSA) is 32.3 Å². The number of nitrogens with one attached hydrogen (secondary N) is 1. The van der Waals surface area contributed by atoms with Gasteiger partial charge < -0.3 is 10.2 Å². The second kappa shape index (κ2) is 7.60. The van der Waals surface area contributed by atoms with Gasteiger partial charge in [-0.2, -0.15) is 0 Å². The van der Waals surface area contributed by atoms with Crippen molar-refractivity contribution in [2.24, 2.45) is 0 Å². The molecule has 19 heavy (non-hydrogen) atoms. The molecule has 1 N–H and O–H groups in total. The molecular formula is C14H20BrFN2O. The first-order valence-electron chi connectivity index (χ1n) is 6.45. The van der Waals surface area contributed by atoms with E-state index in [1.165, 1.54) is 12.1 Å². The summed E-state index contributed by atoms with van der Waals surface area (Å²) < 4.78 is 13.9. The summed E-state index contributed by atoms with van der Waals surface area (Å²) in [7, 11) is 0. The number of carbonyl (C=O) groups is 1. The van der Waals surface area contributed by atoms with E-state index >= 15 is 0 Å². The maximum absolute atomic E-state index is 13.2. The van der Waals surface area contributed by atoms with Crippen LogP contribution < -0.4 is 5.32 Å². The average Bonchev–Trinajstić information content (AvgIpc) is 2.36. The third kappa shape index (κ3) is 4.91. The van der Waals surface area contributed by atoms with Gasteiger partial charge in [0, 0.05) is 24.1 Å². The molecule has 0 bridgehead atoms. The molecule has 0 saturated carbocycles. The summed E-state index contributed by atoms with van der Waals surface area (Å²) in [6, 6.07) is 4.44. The fourth-order valence-corrected chi connectivity index (χ4v) is 2.39. The Hall–Kier alpha value is -0.940. The van der Waals surface area contributed by atoms with Crippen molar-refractivity contribution in [2.45, 2.75) is 33.4 Å². The quantitative estimate of drug-likeness (QED) is 0.869. The summed E-state index contributed by atoms with van der Waals surface area (Å²) in [4.78, 5) is 13.8. The van der Waals surface area contributed by atoms with E-state index in [0.29, 0.717) is 24.1 Å². The monoisotopic (exact) mass is 330 g/mol. The van der Waals surface area contributed by atoms with Gasteiger partial charge in [0.2, 0.25) is 5.91 Å². The van der Waals surface area contributed by atoms with E-state index in [0.717, 1.165) is 5.56 Å². The molecule has 1 aromatic carbocycles. The highest BCUT2D eigenvalue weighted by molar-refractivity contribution is 9.10. The van der Waals surface area contributed by atoms with Crippen LogP contribution in [-0.4, -0.2) is 29.9 Å². The van der Waals surface area contributed by atoms with E-state index < -0.39 is 0 Å². The predicted octanol–water partition coefficient (Wildman–Crippen LogP) is 2.93. The van der Waals surface area contributed by atoms with Gasteiger partial charge in [0.05, 0.1) is 6.04 Å². The van der Waals surface area contributed by atoms with Crippen molar-refractivity contribution in [3.63, 3.8) is 0 Å². The Labute approximate surface area is 122 Å². The van der Waals surface area contributed by atoms with E-state index in [1.807, 2.05) is 26.8 Å². The van der Waals surface area contributed by atoms with Crippen molar-refractivity contribution in [1.29, 1.82) is 0 Å². The van der Waals surface area contributed by atoms with Gasteiger partial charge in [-0.15, -0.1) is 0 Å². The lowest BCUT2D eigenvalue weighted by Crippen LogP contribution is -2.44. The molecule has 0 fully saturated rings. The summed E-state index contributed by atoms with van der Waals surface area (Å²) in [5.74, 6) is -0.214. The van der Waals surface area contributed by atoms with Crippen LogP contribution in [0.3, 0.4) is 0 Å².